The van der Waals surface area contributed by atoms with E-state index >= 15 is 0 Å². The van der Waals surface area contributed by atoms with Crippen LogP contribution >= 0.6 is 11.6 Å². The van der Waals surface area contributed by atoms with Gasteiger partial charge in [0.25, 0.3) is 5.91 Å². The van der Waals surface area contributed by atoms with Crippen molar-refractivity contribution in [2.24, 2.45) is 23.5 Å². The Balaban J connectivity index is 1.10. The number of anilines is 2. The molecule has 190 valence electrons. The molecule has 4 aliphatic carbocycles. The molecule has 1 aromatic carbocycles. The van der Waals surface area contributed by atoms with Gasteiger partial charge in [-0.15, -0.1) is 0 Å². The SMILES string of the molecule is NC(=O)c1ccc(N2CCN(c3cccc(C(=O)N[C@H]4C5CC6CC4C[C@](O)(C6)C5)n3)CC2)c(Cl)c1. The molecule has 2 unspecified atom stereocenters. The quantitative estimate of drug-likeness (QED) is 0.571. The molecule has 2 amide bonds. The first-order valence-electron chi connectivity index (χ1n) is 12.9. The van der Waals surface area contributed by atoms with Crippen LogP contribution in [0.5, 0.6) is 0 Å². The summed E-state index contributed by atoms with van der Waals surface area (Å²) >= 11 is 6.42. The molecule has 36 heavy (non-hydrogen) atoms. The molecule has 0 spiro atoms. The van der Waals surface area contributed by atoms with Crippen LogP contribution in [-0.4, -0.2) is 59.7 Å². The van der Waals surface area contributed by atoms with Crippen LogP contribution in [0.3, 0.4) is 0 Å². The maximum absolute atomic E-state index is 13.2. The number of aliphatic hydroxyl groups is 1. The number of amides is 2. The van der Waals surface area contributed by atoms with Gasteiger partial charge >= 0.3 is 0 Å². The minimum atomic E-state index is -0.508. The van der Waals surface area contributed by atoms with E-state index in [1.807, 2.05) is 18.2 Å². The fourth-order valence-corrected chi connectivity index (χ4v) is 7.56. The first-order chi connectivity index (χ1) is 17.3. The fraction of sp³-hybridized carbons (Fsp3) is 0.519. The first-order valence-corrected chi connectivity index (χ1v) is 13.3. The van der Waals surface area contributed by atoms with Gasteiger partial charge in [-0.1, -0.05) is 17.7 Å². The highest BCUT2D eigenvalue weighted by Gasteiger charge is 2.55. The molecule has 4 bridgehead atoms. The molecule has 2 heterocycles. The second-order valence-electron chi connectivity index (χ2n) is 11.1. The van der Waals surface area contributed by atoms with Gasteiger partial charge in [0.15, 0.2) is 0 Å². The molecule has 7 rings (SSSR count). The lowest BCUT2D eigenvalue weighted by Crippen LogP contribution is -2.61. The van der Waals surface area contributed by atoms with Gasteiger partial charge in [-0.05, 0) is 80.2 Å². The third-order valence-electron chi connectivity index (χ3n) is 8.68. The van der Waals surface area contributed by atoms with Crippen molar-refractivity contribution >= 4 is 34.9 Å². The number of piperazine rings is 1. The molecule has 0 radical (unpaired) electrons. The second kappa shape index (κ2) is 8.92. The van der Waals surface area contributed by atoms with Crippen molar-refractivity contribution in [1.82, 2.24) is 10.3 Å². The molecular weight excluding hydrogens is 478 g/mol. The smallest absolute Gasteiger partial charge is 0.270 e. The van der Waals surface area contributed by atoms with E-state index in [1.165, 1.54) is 0 Å². The summed E-state index contributed by atoms with van der Waals surface area (Å²) in [4.78, 5) is 33.7. The van der Waals surface area contributed by atoms with E-state index in [0.29, 0.717) is 34.0 Å². The van der Waals surface area contributed by atoms with Gasteiger partial charge in [0.2, 0.25) is 5.91 Å². The molecule has 1 aliphatic heterocycles. The Kier molecular flexibility index (Phi) is 5.84. The van der Waals surface area contributed by atoms with E-state index < -0.39 is 11.5 Å². The van der Waals surface area contributed by atoms with Crippen molar-refractivity contribution in [2.75, 3.05) is 36.0 Å². The number of carbonyl (C=O) groups is 2. The van der Waals surface area contributed by atoms with Crippen LogP contribution in [0.15, 0.2) is 36.4 Å². The summed E-state index contributed by atoms with van der Waals surface area (Å²) < 4.78 is 0. The number of nitrogens with zero attached hydrogens (tertiary/aromatic N) is 3. The monoisotopic (exact) mass is 509 g/mol. The van der Waals surface area contributed by atoms with E-state index in [0.717, 1.165) is 69.8 Å². The lowest BCUT2D eigenvalue weighted by Gasteiger charge is -2.58. The van der Waals surface area contributed by atoms with Gasteiger partial charge in [-0.3, -0.25) is 9.59 Å². The van der Waals surface area contributed by atoms with Crippen molar-refractivity contribution in [2.45, 2.75) is 43.7 Å². The number of pyridine rings is 1. The zero-order chi connectivity index (χ0) is 25.0. The molecule has 1 aromatic heterocycles. The number of hydrogen-bond donors (Lipinski definition) is 3. The Morgan fingerprint density at radius 3 is 2.36 bits per heavy atom. The van der Waals surface area contributed by atoms with Crippen LogP contribution in [-0.2, 0) is 0 Å². The highest BCUT2D eigenvalue weighted by Crippen LogP contribution is 2.55. The standard InChI is InChI=1S/C27H32ClN5O3/c28-20-12-17(25(29)34)4-5-22(20)32-6-8-33(9-7-32)23-3-1-2-21(30-23)26(35)31-24-18-10-16-11-19(24)15-27(36,13-16)14-18/h1-5,12,16,18-19,24,36H,6-11,13-15H2,(H2,29,34)(H,31,35)/t16?,18?,19?,24-,27-. The van der Waals surface area contributed by atoms with Crippen molar-refractivity contribution in [1.29, 1.82) is 0 Å². The number of primary amides is 1. The van der Waals surface area contributed by atoms with Crippen LogP contribution in [0, 0.1) is 17.8 Å². The van der Waals surface area contributed by atoms with E-state index in [2.05, 4.69) is 15.1 Å². The molecule has 4 N–H and O–H groups in total. The Morgan fingerprint density at radius 2 is 1.72 bits per heavy atom. The summed E-state index contributed by atoms with van der Waals surface area (Å²) in [6, 6.07) is 10.9. The summed E-state index contributed by atoms with van der Waals surface area (Å²) in [6.07, 6.45) is 4.76. The Bertz CT molecular complexity index is 1180. The first kappa shape index (κ1) is 23.6. The van der Waals surface area contributed by atoms with Crippen molar-refractivity contribution in [3.05, 3.63) is 52.7 Å². The normalized spacial score (nSPS) is 30.9. The van der Waals surface area contributed by atoms with E-state index in [9.17, 15) is 14.7 Å². The number of benzene rings is 1. The van der Waals surface area contributed by atoms with E-state index in [-0.39, 0.29) is 11.9 Å². The largest absolute Gasteiger partial charge is 0.390 e. The second-order valence-corrected chi connectivity index (χ2v) is 11.5. The van der Waals surface area contributed by atoms with Crippen molar-refractivity contribution < 1.29 is 14.7 Å². The highest BCUT2D eigenvalue weighted by atomic mass is 35.5. The average Bonchev–Trinajstić information content (AvgIpc) is 2.85. The molecule has 2 atom stereocenters. The molecule has 9 heteroatoms. The summed E-state index contributed by atoms with van der Waals surface area (Å²) in [6.45, 7) is 2.95. The zero-order valence-electron chi connectivity index (χ0n) is 20.2. The maximum Gasteiger partial charge on any atom is 0.270 e. The molecular formula is C27H32ClN5O3. The minimum absolute atomic E-state index is 0.124. The van der Waals surface area contributed by atoms with Crippen LogP contribution in [0.2, 0.25) is 5.02 Å². The topological polar surface area (TPSA) is 112 Å². The Labute approximate surface area is 215 Å². The average molecular weight is 510 g/mol. The van der Waals surface area contributed by atoms with Gasteiger partial charge in [0.1, 0.15) is 11.5 Å². The molecule has 2 aromatic rings. The number of nitrogens with two attached hydrogens (primary N) is 1. The van der Waals surface area contributed by atoms with Crippen LogP contribution < -0.4 is 20.9 Å². The van der Waals surface area contributed by atoms with Gasteiger partial charge in [0.05, 0.1) is 16.3 Å². The van der Waals surface area contributed by atoms with Gasteiger partial charge in [-0.25, -0.2) is 4.98 Å². The Hall–Kier alpha value is -2.84. The molecule has 5 fully saturated rings. The van der Waals surface area contributed by atoms with Crippen molar-refractivity contribution in [3.8, 4) is 0 Å². The lowest BCUT2D eigenvalue weighted by atomic mass is 9.52. The van der Waals surface area contributed by atoms with Crippen LogP contribution in [0.1, 0.15) is 53.0 Å². The predicted octanol–water partition coefficient (Wildman–Crippen LogP) is 2.83. The van der Waals surface area contributed by atoms with Crippen LogP contribution in [0.25, 0.3) is 0 Å². The molecule has 8 nitrogen and oxygen atoms in total. The minimum Gasteiger partial charge on any atom is -0.390 e. The van der Waals surface area contributed by atoms with Gasteiger partial charge < -0.3 is 26.0 Å². The van der Waals surface area contributed by atoms with Gasteiger partial charge in [-0.2, -0.15) is 0 Å². The summed E-state index contributed by atoms with van der Waals surface area (Å²) in [5.74, 6) is 1.51. The summed E-state index contributed by atoms with van der Waals surface area (Å²) in [7, 11) is 0. The number of nitrogens with one attached hydrogen (secondary N) is 1. The van der Waals surface area contributed by atoms with E-state index in [1.54, 1.807) is 18.2 Å². The number of aromatic nitrogens is 1. The number of rotatable bonds is 5. The molecule has 5 aliphatic rings. The van der Waals surface area contributed by atoms with Crippen molar-refractivity contribution in [3.63, 3.8) is 0 Å². The Morgan fingerprint density at radius 1 is 1.03 bits per heavy atom. The number of hydrogen-bond acceptors (Lipinski definition) is 6. The summed E-state index contributed by atoms with van der Waals surface area (Å²) in [5.41, 5.74) is 6.55. The van der Waals surface area contributed by atoms with Crippen LogP contribution in [0.4, 0.5) is 11.5 Å². The third-order valence-corrected chi connectivity index (χ3v) is 8.98. The zero-order valence-corrected chi connectivity index (χ0v) is 21.0. The third kappa shape index (κ3) is 4.30. The molecule has 4 saturated carbocycles. The van der Waals surface area contributed by atoms with E-state index in [4.69, 9.17) is 22.3 Å². The van der Waals surface area contributed by atoms with Gasteiger partial charge in [0, 0.05) is 37.8 Å². The predicted molar refractivity (Wildman–Crippen MR) is 138 cm³/mol. The highest BCUT2D eigenvalue weighted by molar-refractivity contribution is 6.33. The maximum atomic E-state index is 13.2. The lowest BCUT2D eigenvalue weighted by molar-refractivity contribution is -0.136. The molecule has 1 saturated heterocycles. The summed E-state index contributed by atoms with van der Waals surface area (Å²) in [5, 5.41) is 14.6. The fourth-order valence-electron chi connectivity index (χ4n) is 7.26. The number of halogens is 1. The number of carbonyl (C=O) groups excluding carboxylic acids is 2.